The summed E-state index contributed by atoms with van der Waals surface area (Å²) in [6.07, 6.45) is 11.8. The number of nitrogens with zero attached hydrogens (tertiary/aromatic N) is 4. The first-order valence-corrected chi connectivity index (χ1v) is 11.0. The summed E-state index contributed by atoms with van der Waals surface area (Å²) in [6.45, 7) is 3.07. The van der Waals surface area contributed by atoms with E-state index in [4.69, 9.17) is 9.73 Å². The summed E-state index contributed by atoms with van der Waals surface area (Å²) in [5, 5.41) is 0. The summed E-state index contributed by atoms with van der Waals surface area (Å²) in [5.74, 6) is 1.91. The summed E-state index contributed by atoms with van der Waals surface area (Å²) in [5.41, 5.74) is 4.37. The fraction of sp³-hybridized carbons (Fsp3) is 0.308. The van der Waals surface area contributed by atoms with E-state index >= 15 is 0 Å². The van der Waals surface area contributed by atoms with E-state index in [2.05, 4.69) is 70.6 Å². The average molecular weight is 413 g/mol. The molecule has 2 aliphatic rings. The molecule has 3 heterocycles. The summed E-state index contributed by atoms with van der Waals surface area (Å²) in [4.78, 5) is 12.0. The quantitative estimate of drug-likeness (QED) is 0.578. The fourth-order valence-corrected chi connectivity index (χ4v) is 4.69. The third kappa shape index (κ3) is 3.88. The second kappa shape index (κ2) is 8.42. The Balaban J connectivity index is 1.42. The largest absolute Gasteiger partial charge is 0.495 e. The number of ether oxygens (including phenoxy) is 1. The van der Waals surface area contributed by atoms with E-state index < -0.39 is 0 Å². The van der Waals surface area contributed by atoms with E-state index in [1.54, 1.807) is 7.11 Å². The molecule has 1 fully saturated rings. The zero-order valence-corrected chi connectivity index (χ0v) is 18.1. The van der Waals surface area contributed by atoms with E-state index in [1.807, 2.05) is 24.0 Å². The molecule has 158 valence electrons. The first kappa shape index (κ1) is 19.6. The highest BCUT2D eigenvalue weighted by Gasteiger charge is 2.37. The zero-order chi connectivity index (χ0) is 21.2. The molecule has 1 saturated heterocycles. The predicted molar refractivity (Wildman–Crippen MR) is 125 cm³/mol. The first-order chi connectivity index (χ1) is 15.2. The number of hydrogen-bond acceptors (Lipinski definition) is 4. The number of benzene rings is 2. The summed E-state index contributed by atoms with van der Waals surface area (Å²) >= 11 is 0. The van der Waals surface area contributed by atoms with Gasteiger partial charge in [-0.15, -0.1) is 0 Å². The minimum Gasteiger partial charge on any atom is -0.495 e. The van der Waals surface area contributed by atoms with Gasteiger partial charge in [-0.1, -0.05) is 42.5 Å². The first-order valence-electron chi connectivity index (χ1n) is 11.0. The molecule has 31 heavy (non-hydrogen) atoms. The Kier molecular flexibility index (Phi) is 5.33. The number of methoxy groups -OCH3 is 1. The van der Waals surface area contributed by atoms with Crippen molar-refractivity contribution in [1.82, 2.24) is 14.5 Å². The summed E-state index contributed by atoms with van der Waals surface area (Å²) < 4.78 is 7.65. The molecule has 2 aliphatic heterocycles. The zero-order valence-electron chi connectivity index (χ0n) is 18.1. The SMILES string of the molecule is COc1cc(/C=C/C2=NC(c3ccccc3)C3CCCCN23)ccc1-n1cnc(C)c1. The van der Waals surface area contributed by atoms with Gasteiger partial charge in [0.05, 0.1) is 36.9 Å². The van der Waals surface area contributed by atoms with Crippen LogP contribution in [0.1, 0.15) is 42.1 Å². The van der Waals surface area contributed by atoms with Crippen molar-refractivity contribution in [1.29, 1.82) is 0 Å². The molecule has 2 atom stereocenters. The smallest absolute Gasteiger partial charge is 0.143 e. The van der Waals surface area contributed by atoms with Crippen LogP contribution in [0.3, 0.4) is 0 Å². The van der Waals surface area contributed by atoms with Gasteiger partial charge in [0.1, 0.15) is 11.6 Å². The topological polar surface area (TPSA) is 42.6 Å². The summed E-state index contributed by atoms with van der Waals surface area (Å²) in [6, 6.07) is 17.7. The van der Waals surface area contributed by atoms with Crippen LogP contribution in [0.4, 0.5) is 0 Å². The Morgan fingerprint density at radius 1 is 1.06 bits per heavy atom. The maximum absolute atomic E-state index is 5.66. The Labute approximate surface area is 183 Å². The molecule has 5 heteroatoms. The lowest BCUT2D eigenvalue weighted by Gasteiger charge is -2.34. The van der Waals surface area contributed by atoms with Gasteiger partial charge in [0.15, 0.2) is 0 Å². The normalized spacial score (nSPS) is 20.7. The molecule has 2 unspecified atom stereocenters. The van der Waals surface area contributed by atoms with Gasteiger partial charge < -0.3 is 14.2 Å². The lowest BCUT2D eigenvalue weighted by molar-refractivity contribution is 0.238. The molecule has 0 saturated carbocycles. The van der Waals surface area contributed by atoms with Gasteiger partial charge >= 0.3 is 0 Å². The van der Waals surface area contributed by atoms with Gasteiger partial charge in [-0.25, -0.2) is 4.98 Å². The van der Waals surface area contributed by atoms with Crippen molar-refractivity contribution in [3.8, 4) is 11.4 Å². The standard InChI is InChI=1S/C26H28N4O/c1-19-17-29(18-27-19)22-13-11-20(16-24(22)31-2)12-14-25-28-26(21-8-4-3-5-9-21)23-10-6-7-15-30(23)25/h3-5,8-9,11-14,16-18,23,26H,6-7,10,15H2,1-2H3/b14-12+. The van der Waals surface area contributed by atoms with E-state index in [9.17, 15) is 0 Å². The monoisotopic (exact) mass is 412 g/mol. The highest BCUT2D eigenvalue weighted by molar-refractivity contribution is 5.98. The minimum absolute atomic E-state index is 0.225. The average Bonchev–Trinajstić information content (AvgIpc) is 3.42. The Hall–Kier alpha value is -3.34. The maximum Gasteiger partial charge on any atom is 0.143 e. The number of rotatable bonds is 5. The lowest BCUT2D eigenvalue weighted by atomic mass is 9.93. The Bertz CT molecular complexity index is 1120. The van der Waals surface area contributed by atoms with Crippen molar-refractivity contribution in [2.75, 3.05) is 13.7 Å². The molecular formula is C26H28N4O. The van der Waals surface area contributed by atoms with Crippen LogP contribution in [-0.2, 0) is 0 Å². The van der Waals surface area contributed by atoms with E-state index in [1.165, 1.54) is 24.8 Å². The number of aliphatic imine (C=N–C) groups is 1. The third-order valence-corrected chi connectivity index (χ3v) is 6.24. The maximum atomic E-state index is 5.66. The van der Waals surface area contributed by atoms with Crippen LogP contribution < -0.4 is 4.74 Å². The van der Waals surface area contributed by atoms with Crippen LogP contribution >= 0.6 is 0 Å². The Morgan fingerprint density at radius 3 is 2.71 bits per heavy atom. The number of amidine groups is 1. The van der Waals surface area contributed by atoms with Crippen LogP contribution in [-0.4, -0.2) is 40.0 Å². The third-order valence-electron chi connectivity index (χ3n) is 6.24. The molecule has 2 aromatic carbocycles. The molecule has 0 radical (unpaired) electrons. The van der Waals surface area contributed by atoms with E-state index in [-0.39, 0.29) is 6.04 Å². The fourth-order valence-electron chi connectivity index (χ4n) is 4.69. The van der Waals surface area contributed by atoms with Crippen LogP contribution in [0, 0.1) is 6.92 Å². The van der Waals surface area contributed by atoms with Crippen LogP contribution in [0.5, 0.6) is 5.75 Å². The van der Waals surface area contributed by atoms with Gasteiger partial charge in [-0.3, -0.25) is 4.99 Å². The second-order valence-corrected chi connectivity index (χ2v) is 8.29. The summed E-state index contributed by atoms with van der Waals surface area (Å²) in [7, 11) is 1.71. The van der Waals surface area contributed by atoms with E-state index in [0.29, 0.717) is 6.04 Å². The molecule has 0 spiro atoms. The number of aromatic nitrogens is 2. The van der Waals surface area contributed by atoms with Gasteiger partial charge in [-0.05, 0) is 55.5 Å². The molecular weight excluding hydrogens is 384 g/mol. The number of aryl methyl sites for hydroxylation is 1. The van der Waals surface area contributed by atoms with Crippen LogP contribution in [0.25, 0.3) is 11.8 Å². The van der Waals surface area contributed by atoms with Crippen molar-refractivity contribution in [2.45, 2.75) is 38.3 Å². The number of piperidine rings is 1. The number of imidazole rings is 1. The molecule has 0 bridgehead atoms. The van der Waals surface area contributed by atoms with Gasteiger partial charge in [-0.2, -0.15) is 0 Å². The molecule has 5 nitrogen and oxygen atoms in total. The van der Waals surface area contributed by atoms with Gasteiger partial charge in [0, 0.05) is 12.7 Å². The van der Waals surface area contributed by atoms with Crippen molar-refractivity contribution < 1.29 is 4.74 Å². The van der Waals surface area contributed by atoms with Crippen molar-refractivity contribution in [3.05, 3.63) is 84.0 Å². The molecule has 0 amide bonds. The lowest BCUT2D eigenvalue weighted by Crippen LogP contribution is -2.40. The van der Waals surface area contributed by atoms with E-state index in [0.717, 1.165) is 35.1 Å². The van der Waals surface area contributed by atoms with Crippen molar-refractivity contribution >= 4 is 11.9 Å². The highest BCUT2D eigenvalue weighted by Crippen LogP contribution is 2.37. The minimum atomic E-state index is 0.225. The molecule has 0 aliphatic carbocycles. The van der Waals surface area contributed by atoms with Gasteiger partial charge in [0.25, 0.3) is 0 Å². The molecule has 0 N–H and O–H groups in total. The van der Waals surface area contributed by atoms with Crippen molar-refractivity contribution in [3.63, 3.8) is 0 Å². The molecule has 1 aromatic heterocycles. The Morgan fingerprint density at radius 2 is 1.94 bits per heavy atom. The number of hydrogen-bond donors (Lipinski definition) is 0. The van der Waals surface area contributed by atoms with Gasteiger partial charge in [0.2, 0.25) is 0 Å². The number of fused-ring (bicyclic) bond motifs is 1. The van der Waals surface area contributed by atoms with Crippen molar-refractivity contribution in [2.24, 2.45) is 4.99 Å². The molecule has 3 aromatic rings. The van der Waals surface area contributed by atoms with Crippen LogP contribution in [0.2, 0.25) is 0 Å². The predicted octanol–water partition coefficient (Wildman–Crippen LogP) is 5.21. The van der Waals surface area contributed by atoms with Crippen LogP contribution in [0.15, 0.2) is 72.1 Å². The highest BCUT2D eigenvalue weighted by atomic mass is 16.5. The molecule has 5 rings (SSSR count). The second-order valence-electron chi connectivity index (χ2n) is 8.29.